The van der Waals surface area contributed by atoms with E-state index in [1.54, 1.807) is 0 Å². The van der Waals surface area contributed by atoms with E-state index in [2.05, 4.69) is 5.32 Å². The summed E-state index contributed by atoms with van der Waals surface area (Å²) in [5, 5.41) is 2.42. The van der Waals surface area contributed by atoms with Gasteiger partial charge in [-0.25, -0.2) is 0 Å². The molecule has 0 aromatic heterocycles. The number of nitrogens with two attached hydrogens (primary N) is 1. The molecule has 1 unspecified atom stereocenters. The number of halogens is 3. The van der Waals surface area contributed by atoms with E-state index in [1.807, 2.05) is 13.8 Å². The molecule has 1 aromatic carbocycles. The molecule has 0 saturated carbocycles. The quantitative estimate of drug-likeness (QED) is 0.893. The smallest absolute Gasteiger partial charge is 0.325 e. The van der Waals surface area contributed by atoms with Crippen molar-refractivity contribution in [2.24, 2.45) is 11.7 Å². The van der Waals surface area contributed by atoms with E-state index in [4.69, 9.17) is 5.73 Å². The van der Waals surface area contributed by atoms with Crippen LogP contribution in [0.1, 0.15) is 31.4 Å². The molecule has 3 N–H and O–H groups in total. The second-order valence-electron chi connectivity index (χ2n) is 5.25. The molecule has 1 aromatic rings. The molecule has 0 aliphatic carbocycles. The van der Waals surface area contributed by atoms with E-state index >= 15 is 0 Å². The fourth-order valence-electron chi connectivity index (χ4n) is 1.86. The van der Waals surface area contributed by atoms with Crippen LogP contribution >= 0.6 is 0 Å². The van der Waals surface area contributed by atoms with Gasteiger partial charge in [0.2, 0.25) is 5.91 Å². The molecule has 1 rings (SSSR count). The van der Waals surface area contributed by atoms with Gasteiger partial charge in [0.15, 0.2) is 0 Å². The van der Waals surface area contributed by atoms with Crippen molar-refractivity contribution >= 4 is 11.6 Å². The first kappa shape index (κ1) is 16.5. The van der Waals surface area contributed by atoms with Gasteiger partial charge in [0.05, 0.1) is 11.6 Å². The zero-order chi connectivity index (χ0) is 15.5. The summed E-state index contributed by atoms with van der Waals surface area (Å²) in [6.45, 7) is 5.21. The van der Waals surface area contributed by atoms with Crippen molar-refractivity contribution in [1.82, 2.24) is 0 Å². The van der Waals surface area contributed by atoms with Crippen LogP contribution in [0.25, 0.3) is 0 Å². The minimum absolute atomic E-state index is 0.104. The first-order valence-corrected chi connectivity index (χ1v) is 6.35. The van der Waals surface area contributed by atoms with E-state index in [-0.39, 0.29) is 17.2 Å². The van der Waals surface area contributed by atoms with Gasteiger partial charge < -0.3 is 11.1 Å². The van der Waals surface area contributed by atoms with Gasteiger partial charge in [-0.2, -0.15) is 13.2 Å². The highest BCUT2D eigenvalue weighted by atomic mass is 19.4. The molecule has 0 spiro atoms. The number of aryl methyl sites for hydroxylation is 1. The number of amides is 1. The highest BCUT2D eigenvalue weighted by molar-refractivity contribution is 5.94. The van der Waals surface area contributed by atoms with Crippen LogP contribution in [0, 0.1) is 12.8 Å². The molecule has 0 aliphatic heterocycles. The van der Waals surface area contributed by atoms with Crippen LogP contribution < -0.4 is 11.1 Å². The summed E-state index contributed by atoms with van der Waals surface area (Å²) >= 11 is 0. The third-order valence-corrected chi connectivity index (χ3v) is 2.87. The van der Waals surface area contributed by atoms with Crippen molar-refractivity contribution in [3.63, 3.8) is 0 Å². The Morgan fingerprint density at radius 1 is 1.35 bits per heavy atom. The zero-order valence-corrected chi connectivity index (χ0v) is 11.7. The Labute approximate surface area is 116 Å². The van der Waals surface area contributed by atoms with Gasteiger partial charge >= 0.3 is 6.18 Å². The summed E-state index contributed by atoms with van der Waals surface area (Å²) in [5.74, 6) is -0.241. The number of hydrogen-bond acceptors (Lipinski definition) is 2. The summed E-state index contributed by atoms with van der Waals surface area (Å²) < 4.78 is 38.3. The predicted molar refractivity (Wildman–Crippen MR) is 72.2 cm³/mol. The fourth-order valence-corrected chi connectivity index (χ4v) is 1.86. The van der Waals surface area contributed by atoms with Crippen LogP contribution in [-0.4, -0.2) is 11.9 Å². The largest absolute Gasteiger partial charge is 0.416 e. The molecule has 0 aliphatic rings. The Bertz CT molecular complexity index is 484. The molecule has 1 amide bonds. The minimum Gasteiger partial charge on any atom is -0.325 e. The molecule has 20 heavy (non-hydrogen) atoms. The number of nitrogens with one attached hydrogen (secondary N) is 1. The van der Waals surface area contributed by atoms with Gasteiger partial charge in [-0.3, -0.25) is 4.79 Å². The highest BCUT2D eigenvalue weighted by Crippen LogP contribution is 2.33. The molecule has 6 heteroatoms. The van der Waals surface area contributed by atoms with Crippen molar-refractivity contribution in [2.75, 3.05) is 5.32 Å². The Kier molecular flexibility index (Phi) is 5.16. The van der Waals surface area contributed by atoms with Gasteiger partial charge in [0, 0.05) is 5.69 Å². The van der Waals surface area contributed by atoms with Crippen LogP contribution in [0.4, 0.5) is 18.9 Å². The third kappa shape index (κ3) is 4.52. The number of alkyl halides is 3. The van der Waals surface area contributed by atoms with E-state index in [0.29, 0.717) is 6.42 Å². The lowest BCUT2D eigenvalue weighted by atomic mass is 10.0. The molecule has 0 bridgehead atoms. The highest BCUT2D eigenvalue weighted by Gasteiger charge is 2.32. The number of anilines is 1. The average molecular weight is 288 g/mol. The Morgan fingerprint density at radius 3 is 2.45 bits per heavy atom. The molecule has 0 heterocycles. The summed E-state index contributed by atoms with van der Waals surface area (Å²) in [6, 6.07) is 2.96. The summed E-state index contributed by atoms with van der Waals surface area (Å²) in [7, 11) is 0. The number of benzene rings is 1. The van der Waals surface area contributed by atoms with Crippen molar-refractivity contribution in [3.8, 4) is 0 Å². The maximum absolute atomic E-state index is 12.8. The van der Waals surface area contributed by atoms with Crippen molar-refractivity contribution in [1.29, 1.82) is 0 Å². The number of carbonyl (C=O) groups is 1. The topological polar surface area (TPSA) is 55.1 Å². The lowest BCUT2D eigenvalue weighted by Crippen LogP contribution is -2.36. The van der Waals surface area contributed by atoms with Crippen molar-refractivity contribution in [2.45, 2.75) is 39.4 Å². The van der Waals surface area contributed by atoms with E-state index in [0.717, 1.165) is 6.07 Å². The fraction of sp³-hybridized carbons (Fsp3) is 0.500. The summed E-state index contributed by atoms with van der Waals surface area (Å²) in [4.78, 5) is 11.8. The Hall–Kier alpha value is -1.56. The molecule has 0 radical (unpaired) electrons. The van der Waals surface area contributed by atoms with E-state index in [9.17, 15) is 18.0 Å². The van der Waals surface area contributed by atoms with Crippen LogP contribution in [-0.2, 0) is 11.0 Å². The molecular weight excluding hydrogens is 269 g/mol. The molecule has 112 valence electrons. The van der Waals surface area contributed by atoms with Crippen LogP contribution in [0.15, 0.2) is 18.2 Å². The molecule has 0 fully saturated rings. The van der Waals surface area contributed by atoms with Crippen molar-refractivity contribution < 1.29 is 18.0 Å². The molecule has 0 saturated heterocycles. The molecule has 1 atom stereocenters. The lowest BCUT2D eigenvalue weighted by molar-refractivity contribution is -0.138. The lowest BCUT2D eigenvalue weighted by Gasteiger charge is -2.16. The summed E-state index contributed by atoms with van der Waals surface area (Å²) in [5.41, 5.74) is 5.15. The second-order valence-corrected chi connectivity index (χ2v) is 5.25. The molecular formula is C14H19F3N2O. The maximum Gasteiger partial charge on any atom is 0.416 e. The number of rotatable bonds is 4. The Morgan fingerprint density at radius 2 is 1.95 bits per heavy atom. The first-order valence-electron chi connectivity index (χ1n) is 6.35. The predicted octanol–water partition coefficient (Wildman–Crippen LogP) is 3.33. The van der Waals surface area contributed by atoms with Gasteiger partial charge in [0.25, 0.3) is 0 Å². The first-order chi connectivity index (χ1) is 9.11. The SMILES string of the molecule is Cc1ccc(NC(=O)C(N)CC(C)C)cc1C(F)(F)F. The van der Waals surface area contributed by atoms with Crippen LogP contribution in [0.5, 0.6) is 0 Å². The van der Waals surface area contributed by atoms with Gasteiger partial charge in [-0.05, 0) is 37.0 Å². The number of carbonyl (C=O) groups excluding carboxylic acids is 1. The van der Waals surface area contributed by atoms with Crippen LogP contribution in [0.3, 0.4) is 0 Å². The monoisotopic (exact) mass is 288 g/mol. The Balaban J connectivity index is 2.86. The second kappa shape index (κ2) is 6.26. The van der Waals surface area contributed by atoms with Gasteiger partial charge in [0.1, 0.15) is 0 Å². The van der Waals surface area contributed by atoms with Crippen molar-refractivity contribution in [3.05, 3.63) is 29.3 Å². The van der Waals surface area contributed by atoms with E-state index < -0.39 is 23.7 Å². The standard InChI is InChI=1S/C14H19F3N2O/c1-8(2)6-12(18)13(20)19-10-5-4-9(3)11(7-10)14(15,16)17/h4-5,7-8,12H,6,18H2,1-3H3,(H,19,20). The normalized spacial score (nSPS) is 13.4. The average Bonchev–Trinajstić information content (AvgIpc) is 2.29. The van der Waals surface area contributed by atoms with E-state index in [1.165, 1.54) is 19.1 Å². The molecule has 3 nitrogen and oxygen atoms in total. The zero-order valence-electron chi connectivity index (χ0n) is 11.7. The van der Waals surface area contributed by atoms with Crippen LogP contribution in [0.2, 0.25) is 0 Å². The van der Waals surface area contributed by atoms with Gasteiger partial charge in [-0.1, -0.05) is 19.9 Å². The summed E-state index contributed by atoms with van der Waals surface area (Å²) in [6.07, 6.45) is -3.96. The third-order valence-electron chi connectivity index (χ3n) is 2.87. The maximum atomic E-state index is 12.8. The minimum atomic E-state index is -4.44. The number of hydrogen-bond donors (Lipinski definition) is 2. The van der Waals surface area contributed by atoms with Gasteiger partial charge in [-0.15, -0.1) is 0 Å².